The second-order valence-corrected chi connectivity index (χ2v) is 5.22. The van der Waals surface area contributed by atoms with E-state index in [0.29, 0.717) is 5.41 Å². The summed E-state index contributed by atoms with van der Waals surface area (Å²) in [6.07, 6.45) is 1.20. The van der Waals surface area contributed by atoms with Gasteiger partial charge in [0.05, 0.1) is 6.61 Å². The van der Waals surface area contributed by atoms with Gasteiger partial charge in [0, 0.05) is 11.0 Å². The average molecular weight is 202 g/mol. The molecule has 0 N–H and O–H groups in total. The molecule has 80 valence electrons. The van der Waals surface area contributed by atoms with Gasteiger partial charge in [-0.05, 0) is 36.8 Å². The van der Waals surface area contributed by atoms with Crippen molar-refractivity contribution in [2.75, 3.05) is 6.61 Å². The molecule has 1 heterocycles. The van der Waals surface area contributed by atoms with Crippen LogP contribution < -0.4 is 4.74 Å². The maximum absolute atomic E-state index is 5.78. The minimum Gasteiger partial charge on any atom is -0.493 e. The van der Waals surface area contributed by atoms with E-state index in [4.69, 9.17) is 4.74 Å². The van der Waals surface area contributed by atoms with E-state index in [1.165, 1.54) is 17.5 Å². The summed E-state index contributed by atoms with van der Waals surface area (Å²) >= 11 is 0. The fraction of sp³-hybridized carbons (Fsp3) is 0.571. The second-order valence-electron chi connectivity index (χ2n) is 5.22. The molecule has 1 heteroatoms. The fourth-order valence-electron chi connectivity index (χ4n) is 3.41. The molecule has 2 atom stereocenters. The van der Waals surface area contributed by atoms with Gasteiger partial charge in [-0.3, -0.25) is 0 Å². The van der Waals surface area contributed by atoms with E-state index in [-0.39, 0.29) is 0 Å². The smallest absolute Gasteiger partial charge is 0.123 e. The van der Waals surface area contributed by atoms with Gasteiger partial charge in [-0.2, -0.15) is 0 Å². The Morgan fingerprint density at radius 3 is 2.67 bits per heavy atom. The first-order valence-corrected chi connectivity index (χ1v) is 5.90. The molecule has 0 aromatic heterocycles. The van der Waals surface area contributed by atoms with Crippen molar-refractivity contribution in [3.63, 3.8) is 0 Å². The minimum absolute atomic E-state index is 0.446. The standard InChI is InChI=1S/C14H18O/c1-9-4-5-12-13(8-9)15-7-6-14(12)10(2)11(14)3/h4-5,8,10-11H,6-7H2,1-3H3. The number of hydrogen-bond acceptors (Lipinski definition) is 1. The lowest BCUT2D eigenvalue weighted by atomic mass is 9.86. The van der Waals surface area contributed by atoms with Crippen molar-refractivity contribution in [3.05, 3.63) is 29.3 Å². The van der Waals surface area contributed by atoms with Gasteiger partial charge in [0.15, 0.2) is 0 Å². The highest BCUT2D eigenvalue weighted by Gasteiger charge is 2.61. The molecular formula is C14H18O. The van der Waals surface area contributed by atoms with Crippen LogP contribution in [-0.4, -0.2) is 6.61 Å². The SMILES string of the molecule is Cc1ccc2c(c1)OCCC21C(C)C1C. The van der Waals surface area contributed by atoms with Crippen LogP contribution in [-0.2, 0) is 5.41 Å². The van der Waals surface area contributed by atoms with E-state index in [0.717, 1.165) is 24.2 Å². The topological polar surface area (TPSA) is 9.23 Å². The Bertz CT molecular complexity index is 400. The summed E-state index contributed by atoms with van der Waals surface area (Å²) in [7, 11) is 0. The summed E-state index contributed by atoms with van der Waals surface area (Å²) in [5, 5.41) is 0. The summed E-state index contributed by atoms with van der Waals surface area (Å²) in [5.41, 5.74) is 3.20. The van der Waals surface area contributed by atoms with Crippen LogP contribution in [0.2, 0.25) is 0 Å². The lowest BCUT2D eigenvalue weighted by Gasteiger charge is -2.27. The van der Waals surface area contributed by atoms with Gasteiger partial charge in [0.1, 0.15) is 5.75 Å². The van der Waals surface area contributed by atoms with Gasteiger partial charge in [-0.15, -0.1) is 0 Å². The molecule has 15 heavy (non-hydrogen) atoms. The minimum atomic E-state index is 0.446. The van der Waals surface area contributed by atoms with E-state index >= 15 is 0 Å². The predicted molar refractivity (Wildman–Crippen MR) is 61.3 cm³/mol. The Morgan fingerprint density at radius 1 is 1.27 bits per heavy atom. The first kappa shape index (κ1) is 9.26. The molecule has 1 aromatic carbocycles. The number of benzene rings is 1. The molecule has 1 aliphatic carbocycles. The van der Waals surface area contributed by atoms with E-state index in [9.17, 15) is 0 Å². The molecule has 2 aliphatic rings. The second kappa shape index (κ2) is 2.78. The van der Waals surface area contributed by atoms with Crippen LogP contribution in [0, 0.1) is 18.8 Å². The lowest BCUT2D eigenvalue weighted by Crippen LogP contribution is -2.22. The van der Waals surface area contributed by atoms with Crippen LogP contribution >= 0.6 is 0 Å². The summed E-state index contributed by atoms with van der Waals surface area (Å²) in [6, 6.07) is 6.69. The molecule has 1 aromatic rings. The summed E-state index contributed by atoms with van der Waals surface area (Å²) in [5.74, 6) is 2.78. The molecule has 0 amide bonds. The molecule has 0 radical (unpaired) electrons. The van der Waals surface area contributed by atoms with Crippen molar-refractivity contribution in [1.29, 1.82) is 0 Å². The summed E-state index contributed by atoms with van der Waals surface area (Å²) in [4.78, 5) is 0. The monoisotopic (exact) mass is 202 g/mol. The third kappa shape index (κ3) is 1.04. The largest absolute Gasteiger partial charge is 0.493 e. The van der Waals surface area contributed by atoms with E-state index in [2.05, 4.69) is 39.0 Å². The van der Waals surface area contributed by atoms with E-state index < -0.39 is 0 Å². The van der Waals surface area contributed by atoms with Gasteiger partial charge < -0.3 is 4.74 Å². The van der Waals surface area contributed by atoms with Crippen molar-refractivity contribution in [2.45, 2.75) is 32.6 Å². The average Bonchev–Trinajstić information content (AvgIpc) is 2.72. The molecule has 1 fully saturated rings. The highest BCUT2D eigenvalue weighted by molar-refractivity contribution is 5.48. The normalized spacial score (nSPS) is 37.3. The van der Waals surface area contributed by atoms with Crippen LogP contribution in [0.5, 0.6) is 5.75 Å². The molecule has 1 spiro atoms. The van der Waals surface area contributed by atoms with Gasteiger partial charge in [-0.1, -0.05) is 26.0 Å². The molecule has 3 rings (SSSR count). The fourth-order valence-corrected chi connectivity index (χ4v) is 3.41. The number of ether oxygens (including phenoxy) is 1. The summed E-state index contributed by atoms with van der Waals surface area (Å²) in [6.45, 7) is 7.77. The first-order chi connectivity index (χ1) is 7.16. The van der Waals surface area contributed by atoms with Gasteiger partial charge in [-0.25, -0.2) is 0 Å². The van der Waals surface area contributed by atoms with Crippen molar-refractivity contribution in [2.24, 2.45) is 11.8 Å². The Hall–Kier alpha value is -0.980. The van der Waals surface area contributed by atoms with Crippen LogP contribution in [0.1, 0.15) is 31.4 Å². The van der Waals surface area contributed by atoms with Crippen LogP contribution in [0.15, 0.2) is 18.2 Å². The zero-order valence-corrected chi connectivity index (χ0v) is 9.71. The van der Waals surface area contributed by atoms with Crippen LogP contribution in [0.25, 0.3) is 0 Å². The Morgan fingerprint density at radius 2 is 2.00 bits per heavy atom. The van der Waals surface area contributed by atoms with Crippen molar-refractivity contribution in [3.8, 4) is 5.75 Å². The molecule has 2 unspecified atom stereocenters. The zero-order chi connectivity index (χ0) is 10.6. The van der Waals surface area contributed by atoms with Gasteiger partial charge in [0.25, 0.3) is 0 Å². The van der Waals surface area contributed by atoms with Crippen molar-refractivity contribution < 1.29 is 4.74 Å². The van der Waals surface area contributed by atoms with Crippen LogP contribution in [0.3, 0.4) is 0 Å². The Kier molecular flexibility index (Phi) is 1.72. The maximum Gasteiger partial charge on any atom is 0.123 e. The molecule has 0 saturated heterocycles. The molecular weight excluding hydrogens is 184 g/mol. The Labute approximate surface area is 91.5 Å². The molecule has 1 aliphatic heterocycles. The van der Waals surface area contributed by atoms with E-state index in [1.54, 1.807) is 0 Å². The van der Waals surface area contributed by atoms with Crippen molar-refractivity contribution >= 4 is 0 Å². The third-order valence-corrected chi connectivity index (χ3v) is 4.68. The molecule has 1 nitrogen and oxygen atoms in total. The first-order valence-electron chi connectivity index (χ1n) is 5.90. The lowest BCUT2D eigenvalue weighted by molar-refractivity contribution is 0.250. The summed E-state index contributed by atoms with van der Waals surface area (Å²) < 4.78 is 5.78. The number of hydrogen-bond donors (Lipinski definition) is 0. The van der Waals surface area contributed by atoms with Gasteiger partial charge in [0.2, 0.25) is 0 Å². The zero-order valence-electron chi connectivity index (χ0n) is 9.71. The van der Waals surface area contributed by atoms with E-state index in [1.807, 2.05) is 0 Å². The number of aryl methyl sites for hydroxylation is 1. The third-order valence-electron chi connectivity index (χ3n) is 4.68. The Balaban J connectivity index is 2.13. The molecule has 0 bridgehead atoms. The molecule has 1 saturated carbocycles. The van der Waals surface area contributed by atoms with Crippen molar-refractivity contribution in [1.82, 2.24) is 0 Å². The quantitative estimate of drug-likeness (QED) is 0.627. The van der Waals surface area contributed by atoms with Gasteiger partial charge >= 0.3 is 0 Å². The predicted octanol–water partition coefficient (Wildman–Crippen LogP) is 3.30. The maximum atomic E-state index is 5.78. The highest BCUT2D eigenvalue weighted by atomic mass is 16.5. The number of rotatable bonds is 0. The highest BCUT2D eigenvalue weighted by Crippen LogP contribution is 2.64. The van der Waals surface area contributed by atoms with Crippen LogP contribution in [0.4, 0.5) is 0 Å². The number of fused-ring (bicyclic) bond motifs is 2.